The summed E-state index contributed by atoms with van der Waals surface area (Å²) < 4.78 is 0. The van der Waals surface area contributed by atoms with Crippen molar-refractivity contribution in [2.45, 2.75) is 19.3 Å². The summed E-state index contributed by atoms with van der Waals surface area (Å²) in [6.07, 6.45) is -0.146. The van der Waals surface area contributed by atoms with Crippen LogP contribution < -0.4 is 11.5 Å². The quantitative estimate of drug-likeness (QED) is 0.666. The number of rotatable bonds is 4. The van der Waals surface area contributed by atoms with Crippen LogP contribution in [-0.2, 0) is 4.79 Å². The van der Waals surface area contributed by atoms with Gasteiger partial charge in [0.15, 0.2) is 0 Å². The van der Waals surface area contributed by atoms with Gasteiger partial charge < -0.3 is 16.6 Å². The fraction of sp³-hybridized carbons (Fsp3) is 0.444. The lowest BCUT2D eigenvalue weighted by Gasteiger charge is -2.15. The topological polar surface area (TPSA) is 115 Å². The number of aromatic nitrogens is 2. The molecule has 0 amide bonds. The first-order chi connectivity index (χ1) is 7.45. The number of halogens is 1. The average Bonchev–Trinajstić information content (AvgIpc) is 2.13. The first-order valence-electron chi connectivity index (χ1n) is 4.67. The summed E-state index contributed by atoms with van der Waals surface area (Å²) in [7, 11) is 0. The maximum absolute atomic E-state index is 10.7. The molecule has 1 atom stereocenters. The molecule has 1 aromatic heterocycles. The summed E-state index contributed by atoms with van der Waals surface area (Å²) in [5.41, 5.74) is 11.6. The third kappa shape index (κ3) is 2.80. The molecule has 1 rings (SSSR count). The predicted octanol–water partition coefficient (Wildman–Crippen LogP) is 0.538. The molecule has 0 aliphatic heterocycles. The largest absolute Gasteiger partial charge is 0.481 e. The SMILES string of the molecule is Cc1nc(N)c(C(CN)CC(=O)O)c(Cl)n1. The van der Waals surface area contributed by atoms with Crippen LogP contribution in [0.2, 0.25) is 5.15 Å². The first-order valence-corrected chi connectivity index (χ1v) is 5.04. The number of nitrogen functional groups attached to an aromatic ring is 1. The molecule has 0 aromatic carbocycles. The van der Waals surface area contributed by atoms with E-state index in [4.69, 9.17) is 28.2 Å². The fourth-order valence-electron chi connectivity index (χ4n) is 1.46. The van der Waals surface area contributed by atoms with Crippen LogP contribution in [-0.4, -0.2) is 27.6 Å². The van der Waals surface area contributed by atoms with E-state index in [9.17, 15) is 4.79 Å². The second-order valence-corrected chi connectivity index (χ2v) is 3.75. The van der Waals surface area contributed by atoms with Gasteiger partial charge in [-0.2, -0.15) is 0 Å². The van der Waals surface area contributed by atoms with Crippen molar-refractivity contribution in [2.75, 3.05) is 12.3 Å². The molecule has 0 aliphatic rings. The summed E-state index contributed by atoms with van der Waals surface area (Å²) in [6.45, 7) is 1.78. The molecule has 6 nitrogen and oxygen atoms in total. The van der Waals surface area contributed by atoms with Gasteiger partial charge in [0.2, 0.25) is 0 Å². The minimum Gasteiger partial charge on any atom is -0.481 e. The third-order valence-corrected chi connectivity index (χ3v) is 2.44. The number of nitrogens with two attached hydrogens (primary N) is 2. The van der Waals surface area contributed by atoms with E-state index in [1.54, 1.807) is 6.92 Å². The minimum absolute atomic E-state index is 0.128. The third-order valence-electron chi connectivity index (χ3n) is 2.15. The lowest BCUT2D eigenvalue weighted by Crippen LogP contribution is -2.19. The Labute approximate surface area is 97.6 Å². The summed E-state index contributed by atoms with van der Waals surface area (Å²) >= 11 is 5.91. The van der Waals surface area contributed by atoms with Crippen molar-refractivity contribution >= 4 is 23.4 Å². The van der Waals surface area contributed by atoms with E-state index < -0.39 is 11.9 Å². The Hall–Kier alpha value is -1.40. The predicted molar refractivity (Wildman–Crippen MR) is 60.2 cm³/mol. The first kappa shape index (κ1) is 12.7. The van der Waals surface area contributed by atoms with Crippen LogP contribution in [0.3, 0.4) is 0 Å². The van der Waals surface area contributed by atoms with E-state index >= 15 is 0 Å². The van der Waals surface area contributed by atoms with Gasteiger partial charge in [0, 0.05) is 11.5 Å². The molecule has 7 heteroatoms. The van der Waals surface area contributed by atoms with Gasteiger partial charge in [-0.3, -0.25) is 4.79 Å². The maximum atomic E-state index is 10.7. The molecule has 1 unspecified atom stereocenters. The number of aryl methyl sites for hydroxylation is 1. The second kappa shape index (κ2) is 5.09. The second-order valence-electron chi connectivity index (χ2n) is 3.39. The molecule has 88 valence electrons. The summed E-state index contributed by atoms with van der Waals surface area (Å²) in [5, 5.41) is 8.90. The van der Waals surface area contributed by atoms with Crippen LogP contribution in [0.4, 0.5) is 5.82 Å². The van der Waals surface area contributed by atoms with Crippen LogP contribution in [0.1, 0.15) is 23.7 Å². The van der Waals surface area contributed by atoms with Crippen molar-refractivity contribution in [3.63, 3.8) is 0 Å². The Kier molecular flexibility index (Phi) is 4.03. The number of carboxylic acids is 1. The molecule has 0 bridgehead atoms. The van der Waals surface area contributed by atoms with Gasteiger partial charge in [0.25, 0.3) is 0 Å². The lowest BCUT2D eigenvalue weighted by molar-refractivity contribution is -0.137. The maximum Gasteiger partial charge on any atom is 0.304 e. The van der Waals surface area contributed by atoms with Crippen LogP contribution in [0.15, 0.2) is 0 Å². The normalized spacial score (nSPS) is 12.4. The fourth-order valence-corrected chi connectivity index (χ4v) is 1.83. The molecule has 1 aromatic rings. The molecule has 0 saturated heterocycles. The highest BCUT2D eigenvalue weighted by Gasteiger charge is 2.21. The average molecular weight is 245 g/mol. The van der Waals surface area contributed by atoms with Gasteiger partial charge in [-0.05, 0) is 13.5 Å². The Morgan fingerprint density at radius 1 is 1.56 bits per heavy atom. The van der Waals surface area contributed by atoms with E-state index in [0.29, 0.717) is 11.4 Å². The van der Waals surface area contributed by atoms with Crippen LogP contribution >= 0.6 is 11.6 Å². The Morgan fingerprint density at radius 2 is 2.19 bits per heavy atom. The smallest absolute Gasteiger partial charge is 0.304 e. The molecule has 1 heterocycles. The van der Waals surface area contributed by atoms with E-state index in [-0.39, 0.29) is 23.9 Å². The zero-order valence-electron chi connectivity index (χ0n) is 8.77. The van der Waals surface area contributed by atoms with Gasteiger partial charge in [-0.25, -0.2) is 9.97 Å². The summed E-state index contributed by atoms with van der Waals surface area (Å²) in [5.74, 6) is -0.802. The van der Waals surface area contributed by atoms with E-state index in [1.165, 1.54) is 0 Å². The number of aliphatic carboxylic acids is 1. The standard InChI is InChI=1S/C9H13ClN4O2/c1-4-13-8(10)7(9(12)14-4)5(3-11)2-6(15)16/h5H,2-3,11H2,1H3,(H,15,16)(H2,12,13,14). The number of hydrogen-bond acceptors (Lipinski definition) is 5. The van der Waals surface area contributed by atoms with Gasteiger partial charge in [0.1, 0.15) is 16.8 Å². The van der Waals surface area contributed by atoms with Gasteiger partial charge in [-0.1, -0.05) is 11.6 Å². The summed E-state index contributed by atoms with van der Waals surface area (Å²) in [6, 6.07) is 0. The number of carboxylic acid groups (broad SMARTS) is 1. The van der Waals surface area contributed by atoms with E-state index in [1.807, 2.05) is 0 Å². The molecule has 5 N–H and O–H groups in total. The lowest BCUT2D eigenvalue weighted by atomic mass is 9.97. The number of anilines is 1. The molecule has 16 heavy (non-hydrogen) atoms. The van der Waals surface area contributed by atoms with Gasteiger partial charge >= 0.3 is 5.97 Å². The van der Waals surface area contributed by atoms with E-state index in [0.717, 1.165) is 0 Å². The number of hydrogen-bond donors (Lipinski definition) is 3. The zero-order chi connectivity index (χ0) is 12.3. The highest BCUT2D eigenvalue weighted by Crippen LogP contribution is 2.29. The van der Waals surface area contributed by atoms with Crippen molar-refractivity contribution in [1.82, 2.24) is 9.97 Å². The number of nitrogens with zero attached hydrogens (tertiary/aromatic N) is 2. The van der Waals surface area contributed by atoms with Crippen molar-refractivity contribution in [3.8, 4) is 0 Å². The molecule has 0 fully saturated rings. The zero-order valence-corrected chi connectivity index (χ0v) is 9.53. The number of carbonyl (C=O) groups is 1. The Morgan fingerprint density at radius 3 is 2.62 bits per heavy atom. The Bertz CT molecular complexity index is 387. The van der Waals surface area contributed by atoms with Crippen molar-refractivity contribution in [1.29, 1.82) is 0 Å². The van der Waals surface area contributed by atoms with Gasteiger partial charge in [-0.15, -0.1) is 0 Å². The molecule has 0 spiro atoms. The minimum atomic E-state index is -0.966. The molecular weight excluding hydrogens is 232 g/mol. The highest BCUT2D eigenvalue weighted by atomic mass is 35.5. The van der Waals surface area contributed by atoms with Crippen molar-refractivity contribution in [3.05, 3.63) is 16.5 Å². The van der Waals surface area contributed by atoms with Gasteiger partial charge in [0.05, 0.1) is 6.42 Å². The monoisotopic (exact) mass is 244 g/mol. The van der Waals surface area contributed by atoms with Crippen LogP contribution in [0.25, 0.3) is 0 Å². The molecular formula is C9H13ClN4O2. The molecule has 0 radical (unpaired) electrons. The van der Waals surface area contributed by atoms with E-state index in [2.05, 4.69) is 9.97 Å². The van der Waals surface area contributed by atoms with Crippen molar-refractivity contribution < 1.29 is 9.90 Å². The van der Waals surface area contributed by atoms with Crippen LogP contribution in [0.5, 0.6) is 0 Å². The van der Waals surface area contributed by atoms with Crippen LogP contribution in [0, 0.1) is 6.92 Å². The molecule has 0 saturated carbocycles. The van der Waals surface area contributed by atoms with Crippen molar-refractivity contribution in [2.24, 2.45) is 5.73 Å². The Balaban J connectivity index is 3.14. The summed E-state index contributed by atoms with van der Waals surface area (Å²) in [4.78, 5) is 18.5. The highest BCUT2D eigenvalue weighted by molar-refractivity contribution is 6.30. The molecule has 0 aliphatic carbocycles.